The van der Waals surface area contributed by atoms with Gasteiger partial charge in [0, 0.05) is 12.6 Å². The quantitative estimate of drug-likeness (QED) is 0.790. The number of rotatable bonds is 5. The molecule has 4 rings (SSSR count). The Hall–Kier alpha value is -2.86. The van der Waals surface area contributed by atoms with Gasteiger partial charge in [-0.25, -0.2) is 0 Å². The number of fused-ring (bicyclic) bond motifs is 2. The number of esters is 1. The van der Waals surface area contributed by atoms with Gasteiger partial charge in [0.15, 0.2) is 0 Å². The van der Waals surface area contributed by atoms with Crippen LogP contribution in [0.1, 0.15) is 36.9 Å². The molecule has 1 saturated heterocycles. The molecule has 29 heavy (non-hydrogen) atoms. The van der Waals surface area contributed by atoms with Gasteiger partial charge in [0.25, 0.3) is 0 Å². The van der Waals surface area contributed by atoms with Gasteiger partial charge >= 0.3 is 5.97 Å². The van der Waals surface area contributed by atoms with Crippen LogP contribution in [0.3, 0.4) is 0 Å². The molecule has 2 aromatic rings. The minimum absolute atomic E-state index is 0.0235. The Balaban J connectivity index is 1.91. The first-order valence-corrected chi connectivity index (χ1v) is 9.96. The number of methoxy groups -OCH3 is 2. The van der Waals surface area contributed by atoms with Gasteiger partial charge in [0.05, 0.1) is 31.4 Å². The maximum absolute atomic E-state index is 13.9. The molecule has 6 heteroatoms. The molecule has 0 aromatic heterocycles. The molecule has 0 saturated carbocycles. The van der Waals surface area contributed by atoms with Crippen molar-refractivity contribution in [1.29, 1.82) is 0 Å². The fraction of sp³-hybridized carbons (Fsp3) is 0.391. The third-order valence-corrected chi connectivity index (χ3v) is 6.06. The summed E-state index contributed by atoms with van der Waals surface area (Å²) in [5, 5.41) is 3.40. The first-order chi connectivity index (χ1) is 14.1. The number of carbonyl (C=O) groups is 2. The number of nitrogens with one attached hydrogen (secondary N) is 1. The molecule has 6 nitrogen and oxygen atoms in total. The molecule has 2 aliphatic heterocycles. The summed E-state index contributed by atoms with van der Waals surface area (Å²) in [6.07, 6.45) is 1.19. The molecule has 0 bridgehead atoms. The van der Waals surface area contributed by atoms with Crippen molar-refractivity contribution >= 4 is 17.6 Å². The third-order valence-electron chi connectivity index (χ3n) is 6.06. The van der Waals surface area contributed by atoms with E-state index in [0.29, 0.717) is 18.7 Å². The maximum Gasteiger partial charge on any atom is 0.322 e. The zero-order valence-corrected chi connectivity index (χ0v) is 17.0. The van der Waals surface area contributed by atoms with Crippen LogP contribution >= 0.6 is 0 Å². The van der Waals surface area contributed by atoms with E-state index in [4.69, 9.17) is 9.47 Å². The predicted octanol–water partition coefficient (Wildman–Crippen LogP) is 2.97. The Bertz CT molecular complexity index is 930. The molecular formula is C23H26N2O4. The standard InChI is InChI=1S/C23H26N2O4/c1-4-12-25-19-13-16(28-2)10-11-17(19)23(22(25)27)14-18(21(26)29-3)24-20(23)15-8-6-5-7-9-15/h5-11,13,18,20,24H,4,12,14H2,1-3H3/t18-,20-,23-/m0/s1. The van der Waals surface area contributed by atoms with Crippen LogP contribution in [0.5, 0.6) is 5.75 Å². The van der Waals surface area contributed by atoms with Gasteiger partial charge < -0.3 is 14.4 Å². The first kappa shape index (κ1) is 19.5. The molecule has 2 heterocycles. The number of nitrogens with zero attached hydrogens (tertiary/aromatic N) is 1. The first-order valence-electron chi connectivity index (χ1n) is 9.96. The van der Waals surface area contributed by atoms with E-state index >= 15 is 0 Å². The van der Waals surface area contributed by atoms with Crippen LogP contribution in [0, 0.1) is 0 Å². The number of amides is 1. The smallest absolute Gasteiger partial charge is 0.322 e. The van der Waals surface area contributed by atoms with E-state index in [1.807, 2.05) is 53.4 Å². The molecular weight excluding hydrogens is 368 g/mol. The van der Waals surface area contributed by atoms with Crippen LogP contribution in [-0.2, 0) is 19.7 Å². The normalized spacial score (nSPS) is 25.3. The fourth-order valence-corrected chi connectivity index (χ4v) is 4.79. The fourth-order valence-electron chi connectivity index (χ4n) is 4.79. The van der Waals surface area contributed by atoms with Crippen molar-refractivity contribution in [2.45, 2.75) is 37.3 Å². The zero-order chi connectivity index (χ0) is 20.6. The van der Waals surface area contributed by atoms with Crippen molar-refractivity contribution in [2.75, 3.05) is 25.7 Å². The topological polar surface area (TPSA) is 67.9 Å². The summed E-state index contributed by atoms with van der Waals surface area (Å²) in [4.78, 5) is 28.2. The van der Waals surface area contributed by atoms with Crippen molar-refractivity contribution in [3.8, 4) is 5.75 Å². The van der Waals surface area contributed by atoms with Gasteiger partial charge in [-0.1, -0.05) is 43.3 Å². The molecule has 3 atom stereocenters. The number of ether oxygens (including phenoxy) is 2. The van der Waals surface area contributed by atoms with Crippen LogP contribution in [0.25, 0.3) is 0 Å². The average Bonchev–Trinajstić information content (AvgIpc) is 3.27. The van der Waals surface area contributed by atoms with Crippen molar-refractivity contribution in [1.82, 2.24) is 5.32 Å². The molecule has 1 amide bonds. The highest BCUT2D eigenvalue weighted by Gasteiger charge is 2.61. The van der Waals surface area contributed by atoms with Crippen molar-refractivity contribution < 1.29 is 19.1 Å². The molecule has 0 unspecified atom stereocenters. The molecule has 1 N–H and O–H groups in total. The highest BCUT2D eigenvalue weighted by molar-refractivity contribution is 6.10. The van der Waals surface area contributed by atoms with E-state index in [1.54, 1.807) is 7.11 Å². The van der Waals surface area contributed by atoms with Crippen molar-refractivity contribution in [3.05, 3.63) is 59.7 Å². The molecule has 152 valence electrons. The van der Waals surface area contributed by atoms with Crippen LogP contribution in [0.4, 0.5) is 5.69 Å². The Kier molecular flexibility index (Phi) is 5.04. The summed E-state index contributed by atoms with van der Waals surface area (Å²) in [6, 6.07) is 14.8. The lowest BCUT2D eigenvalue weighted by molar-refractivity contribution is -0.142. The van der Waals surface area contributed by atoms with E-state index in [1.165, 1.54) is 7.11 Å². The van der Waals surface area contributed by atoms with Gasteiger partial charge in [-0.2, -0.15) is 0 Å². The van der Waals surface area contributed by atoms with Gasteiger partial charge in [0.1, 0.15) is 11.8 Å². The molecule has 2 aromatic carbocycles. The minimum atomic E-state index is -0.864. The van der Waals surface area contributed by atoms with E-state index < -0.39 is 11.5 Å². The summed E-state index contributed by atoms with van der Waals surface area (Å²) >= 11 is 0. The Morgan fingerprint density at radius 2 is 1.97 bits per heavy atom. The Labute approximate surface area is 170 Å². The molecule has 0 aliphatic carbocycles. The van der Waals surface area contributed by atoms with Crippen molar-refractivity contribution in [3.63, 3.8) is 0 Å². The van der Waals surface area contributed by atoms with E-state index in [9.17, 15) is 9.59 Å². The number of benzene rings is 2. The van der Waals surface area contributed by atoms with Gasteiger partial charge in [-0.05, 0) is 30.0 Å². The van der Waals surface area contributed by atoms with E-state index in [-0.39, 0.29) is 17.9 Å². The molecule has 1 spiro atoms. The lowest BCUT2D eigenvalue weighted by Gasteiger charge is -2.30. The van der Waals surface area contributed by atoms with E-state index in [2.05, 4.69) is 12.2 Å². The number of carbonyl (C=O) groups excluding carboxylic acids is 2. The predicted molar refractivity (Wildman–Crippen MR) is 110 cm³/mol. The summed E-state index contributed by atoms with van der Waals surface area (Å²) in [7, 11) is 3.00. The zero-order valence-electron chi connectivity index (χ0n) is 17.0. The summed E-state index contributed by atoms with van der Waals surface area (Å²) in [5.41, 5.74) is 1.91. The summed E-state index contributed by atoms with van der Waals surface area (Å²) in [6.45, 7) is 2.67. The second-order valence-electron chi connectivity index (χ2n) is 7.60. The van der Waals surface area contributed by atoms with E-state index in [0.717, 1.165) is 23.2 Å². The SMILES string of the molecule is CCCN1C(=O)[C@@]2(C[C@@H](C(=O)OC)N[C@H]2c2ccccc2)c2ccc(OC)cc21. The molecule has 1 fully saturated rings. The van der Waals surface area contributed by atoms with Gasteiger partial charge in [-0.15, -0.1) is 0 Å². The summed E-state index contributed by atoms with van der Waals surface area (Å²) in [5.74, 6) is 0.386. The van der Waals surface area contributed by atoms with Crippen LogP contribution in [0.2, 0.25) is 0 Å². The largest absolute Gasteiger partial charge is 0.497 e. The highest BCUT2D eigenvalue weighted by atomic mass is 16.5. The Morgan fingerprint density at radius 3 is 2.62 bits per heavy atom. The Morgan fingerprint density at radius 1 is 1.21 bits per heavy atom. The van der Waals surface area contributed by atoms with Crippen LogP contribution in [0.15, 0.2) is 48.5 Å². The number of hydrogen-bond donors (Lipinski definition) is 1. The number of anilines is 1. The van der Waals surface area contributed by atoms with Crippen LogP contribution in [-0.4, -0.2) is 38.7 Å². The lowest BCUT2D eigenvalue weighted by atomic mass is 9.72. The third kappa shape index (κ3) is 2.90. The average molecular weight is 394 g/mol. The van der Waals surface area contributed by atoms with Gasteiger partial charge in [0.2, 0.25) is 5.91 Å². The second-order valence-corrected chi connectivity index (χ2v) is 7.60. The maximum atomic E-state index is 13.9. The lowest BCUT2D eigenvalue weighted by Crippen LogP contribution is -2.44. The second kappa shape index (κ2) is 7.52. The monoisotopic (exact) mass is 394 g/mol. The molecule has 2 aliphatic rings. The van der Waals surface area contributed by atoms with Crippen LogP contribution < -0.4 is 15.0 Å². The van der Waals surface area contributed by atoms with Gasteiger partial charge in [-0.3, -0.25) is 14.9 Å². The molecule has 0 radical (unpaired) electrons. The minimum Gasteiger partial charge on any atom is -0.497 e. The van der Waals surface area contributed by atoms with Crippen molar-refractivity contribution in [2.24, 2.45) is 0 Å². The highest BCUT2D eigenvalue weighted by Crippen LogP contribution is 2.55. The summed E-state index contributed by atoms with van der Waals surface area (Å²) < 4.78 is 10.4. The number of hydrogen-bond acceptors (Lipinski definition) is 5.